The molecule has 0 aliphatic rings. The third-order valence-electron chi connectivity index (χ3n) is 1.60. The van der Waals surface area contributed by atoms with Crippen molar-refractivity contribution >= 4 is 5.97 Å². The second kappa shape index (κ2) is 8.97. The van der Waals surface area contributed by atoms with Gasteiger partial charge in [0.25, 0.3) is 0 Å². The Morgan fingerprint density at radius 2 is 1.71 bits per heavy atom. The molecule has 0 spiro atoms. The van der Waals surface area contributed by atoms with Crippen LogP contribution in [0, 0.1) is 0 Å². The third-order valence-corrected chi connectivity index (χ3v) is 1.60. The highest BCUT2D eigenvalue weighted by Crippen LogP contribution is 1.83. The predicted molar refractivity (Wildman–Crippen MR) is 54.7 cm³/mol. The number of hydrogen-bond donors (Lipinski definition) is 0. The standard InChI is InChI=1S/C5H14N.C5H10O3/c1-5-6(2,3)4;1-2-8-4-3-5(6)7/h5H2,1-4H3;2-4H2,1H3,(H,6,7)/q+1;/p-1. The number of carboxylic acids is 1. The summed E-state index contributed by atoms with van der Waals surface area (Å²) in [7, 11) is 6.54. The van der Waals surface area contributed by atoms with Crippen molar-refractivity contribution in [2.75, 3.05) is 40.9 Å². The summed E-state index contributed by atoms with van der Waals surface area (Å²) in [4.78, 5) is 9.68. The molecule has 0 heterocycles. The summed E-state index contributed by atoms with van der Waals surface area (Å²) in [5.41, 5.74) is 0. The van der Waals surface area contributed by atoms with E-state index < -0.39 is 5.97 Å². The van der Waals surface area contributed by atoms with Crippen molar-refractivity contribution in [3.8, 4) is 0 Å². The van der Waals surface area contributed by atoms with Gasteiger partial charge in [-0.05, 0) is 13.8 Å². The van der Waals surface area contributed by atoms with Crippen LogP contribution in [0.1, 0.15) is 20.3 Å². The molecule has 0 aromatic rings. The highest BCUT2D eigenvalue weighted by Gasteiger charge is 1.97. The lowest BCUT2D eigenvalue weighted by molar-refractivity contribution is -0.868. The van der Waals surface area contributed by atoms with Gasteiger partial charge in [0.1, 0.15) is 0 Å². The van der Waals surface area contributed by atoms with Gasteiger partial charge in [-0.15, -0.1) is 0 Å². The summed E-state index contributed by atoms with van der Waals surface area (Å²) >= 11 is 0. The summed E-state index contributed by atoms with van der Waals surface area (Å²) < 4.78 is 5.79. The summed E-state index contributed by atoms with van der Waals surface area (Å²) in [6, 6.07) is 0. The fourth-order valence-electron chi connectivity index (χ4n) is 0.300. The van der Waals surface area contributed by atoms with Crippen LogP contribution in [-0.2, 0) is 9.53 Å². The number of nitrogens with zero attached hydrogens (tertiary/aromatic N) is 1. The molecular formula is C10H23NO3. The number of carboxylic acid groups (broad SMARTS) is 1. The molecule has 4 heteroatoms. The molecule has 0 aliphatic heterocycles. The van der Waals surface area contributed by atoms with Crippen LogP contribution in [-0.4, -0.2) is 51.4 Å². The minimum absolute atomic E-state index is 0.00611. The van der Waals surface area contributed by atoms with E-state index >= 15 is 0 Å². The molecule has 0 saturated carbocycles. The predicted octanol–water partition coefficient (Wildman–Crippen LogP) is -0.125. The van der Waals surface area contributed by atoms with Gasteiger partial charge < -0.3 is 19.1 Å². The Hall–Kier alpha value is -0.610. The number of rotatable bonds is 5. The minimum Gasteiger partial charge on any atom is -0.550 e. The fourth-order valence-corrected chi connectivity index (χ4v) is 0.300. The quantitative estimate of drug-likeness (QED) is 0.464. The van der Waals surface area contributed by atoms with Gasteiger partial charge in [0.05, 0.1) is 34.3 Å². The minimum atomic E-state index is -1.06. The molecule has 0 rings (SSSR count). The van der Waals surface area contributed by atoms with Gasteiger partial charge >= 0.3 is 0 Å². The van der Waals surface area contributed by atoms with Crippen LogP contribution >= 0.6 is 0 Å². The molecule has 0 saturated heterocycles. The molecule has 0 fully saturated rings. The zero-order chi connectivity index (χ0) is 11.6. The second-order valence-electron chi connectivity index (χ2n) is 3.93. The summed E-state index contributed by atoms with van der Waals surface area (Å²) in [5.74, 6) is -1.06. The first-order valence-electron chi connectivity index (χ1n) is 4.91. The average molecular weight is 205 g/mol. The summed E-state index contributed by atoms with van der Waals surface area (Å²) in [6.45, 7) is 6.03. The van der Waals surface area contributed by atoms with Crippen LogP contribution < -0.4 is 5.11 Å². The third kappa shape index (κ3) is 22.5. The Balaban J connectivity index is 0. The highest BCUT2D eigenvalue weighted by atomic mass is 16.5. The fraction of sp³-hybridized carbons (Fsp3) is 0.900. The monoisotopic (exact) mass is 205 g/mol. The number of carbonyl (C=O) groups is 1. The van der Waals surface area contributed by atoms with E-state index in [0.717, 1.165) is 4.48 Å². The van der Waals surface area contributed by atoms with E-state index in [1.807, 2.05) is 6.92 Å². The van der Waals surface area contributed by atoms with Crippen molar-refractivity contribution in [2.45, 2.75) is 20.3 Å². The number of hydrogen-bond acceptors (Lipinski definition) is 3. The number of aliphatic carboxylic acids is 1. The largest absolute Gasteiger partial charge is 0.550 e. The van der Waals surface area contributed by atoms with Crippen molar-refractivity contribution in [3.05, 3.63) is 0 Å². The first-order valence-corrected chi connectivity index (χ1v) is 4.91. The maximum Gasteiger partial charge on any atom is 0.0751 e. The van der Waals surface area contributed by atoms with Crippen LogP contribution in [0.2, 0.25) is 0 Å². The van der Waals surface area contributed by atoms with E-state index in [-0.39, 0.29) is 13.0 Å². The molecule has 0 radical (unpaired) electrons. The van der Waals surface area contributed by atoms with E-state index in [1.165, 1.54) is 6.54 Å². The highest BCUT2D eigenvalue weighted by molar-refractivity contribution is 5.64. The zero-order valence-corrected chi connectivity index (χ0v) is 10.0. The molecule has 0 unspecified atom stereocenters. The molecule has 0 aromatic carbocycles. The van der Waals surface area contributed by atoms with Crippen molar-refractivity contribution in [1.82, 2.24) is 0 Å². The van der Waals surface area contributed by atoms with E-state index in [9.17, 15) is 9.90 Å². The Labute approximate surface area is 87.1 Å². The van der Waals surface area contributed by atoms with Gasteiger partial charge in [0.2, 0.25) is 0 Å². The number of carbonyl (C=O) groups excluding carboxylic acids is 1. The van der Waals surface area contributed by atoms with Gasteiger partial charge in [-0.25, -0.2) is 0 Å². The molecule has 0 N–H and O–H groups in total. The smallest absolute Gasteiger partial charge is 0.0751 e. The Morgan fingerprint density at radius 3 is 1.93 bits per heavy atom. The average Bonchev–Trinajstić information content (AvgIpc) is 2.04. The molecule has 14 heavy (non-hydrogen) atoms. The van der Waals surface area contributed by atoms with Gasteiger partial charge in [-0.2, -0.15) is 0 Å². The topological polar surface area (TPSA) is 49.4 Å². The maximum absolute atomic E-state index is 9.68. The molecule has 0 bridgehead atoms. The summed E-state index contributed by atoms with van der Waals surface area (Å²) in [5, 5.41) is 9.68. The Kier molecular flexibility index (Phi) is 10.1. The SMILES string of the molecule is CCOCCC(=O)[O-].CC[N+](C)(C)C. The molecule has 0 aliphatic carbocycles. The van der Waals surface area contributed by atoms with Crippen LogP contribution in [0.15, 0.2) is 0 Å². The second-order valence-corrected chi connectivity index (χ2v) is 3.93. The van der Waals surface area contributed by atoms with Crippen LogP contribution in [0.25, 0.3) is 0 Å². The Bertz CT molecular complexity index is 141. The molecule has 0 amide bonds. The Morgan fingerprint density at radius 1 is 1.29 bits per heavy atom. The van der Waals surface area contributed by atoms with E-state index in [0.29, 0.717) is 6.61 Å². The van der Waals surface area contributed by atoms with Crippen molar-refractivity contribution in [3.63, 3.8) is 0 Å². The molecule has 0 aromatic heterocycles. The first-order chi connectivity index (χ1) is 6.33. The molecule has 86 valence electrons. The van der Waals surface area contributed by atoms with Crippen molar-refractivity contribution in [1.29, 1.82) is 0 Å². The van der Waals surface area contributed by atoms with E-state index in [2.05, 4.69) is 28.1 Å². The maximum atomic E-state index is 9.68. The van der Waals surface area contributed by atoms with Crippen molar-refractivity contribution < 1.29 is 19.1 Å². The first kappa shape index (κ1) is 15.8. The van der Waals surface area contributed by atoms with E-state index in [4.69, 9.17) is 4.74 Å². The van der Waals surface area contributed by atoms with Crippen LogP contribution in [0.4, 0.5) is 0 Å². The summed E-state index contributed by atoms with van der Waals surface area (Å²) in [6.07, 6.45) is -0.00611. The van der Waals surface area contributed by atoms with Gasteiger partial charge in [-0.3, -0.25) is 0 Å². The van der Waals surface area contributed by atoms with E-state index in [1.54, 1.807) is 0 Å². The van der Waals surface area contributed by atoms with Crippen molar-refractivity contribution in [2.24, 2.45) is 0 Å². The molecule has 4 nitrogen and oxygen atoms in total. The van der Waals surface area contributed by atoms with Crippen LogP contribution in [0.5, 0.6) is 0 Å². The number of ether oxygens (including phenoxy) is 1. The van der Waals surface area contributed by atoms with Gasteiger partial charge in [0, 0.05) is 19.0 Å². The zero-order valence-electron chi connectivity index (χ0n) is 10.0. The van der Waals surface area contributed by atoms with Gasteiger partial charge in [0.15, 0.2) is 0 Å². The lowest BCUT2D eigenvalue weighted by Crippen LogP contribution is -2.33. The normalized spacial score (nSPS) is 10.4. The lowest BCUT2D eigenvalue weighted by Gasteiger charge is -2.20. The van der Waals surface area contributed by atoms with Crippen LogP contribution in [0.3, 0.4) is 0 Å². The molecular weight excluding hydrogens is 182 g/mol. The molecule has 0 atom stereocenters. The van der Waals surface area contributed by atoms with Gasteiger partial charge in [-0.1, -0.05) is 0 Å². The number of quaternary nitrogens is 1. The lowest BCUT2D eigenvalue weighted by atomic mass is 10.5.